The minimum absolute atomic E-state index is 0.00141. The number of nitrogens with zero attached hydrogens (tertiary/aromatic N) is 1. The van der Waals surface area contributed by atoms with Gasteiger partial charge < -0.3 is 16.4 Å². The molecule has 26 heavy (non-hydrogen) atoms. The number of nitrogens with one attached hydrogen (secondary N) is 3. The Hall–Kier alpha value is -2.57. The van der Waals surface area contributed by atoms with Crippen molar-refractivity contribution in [2.24, 2.45) is 5.92 Å². The van der Waals surface area contributed by atoms with Crippen LogP contribution in [0.2, 0.25) is 5.02 Å². The molecular formula is C19H20ClN5O. The number of halogens is 1. The van der Waals surface area contributed by atoms with Crippen molar-refractivity contribution in [3.8, 4) is 11.1 Å². The van der Waals surface area contributed by atoms with Gasteiger partial charge in [-0.2, -0.15) is 5.10 Å². The highest BCUT2D eigenvalue weighted by atomic mass is 35.5. The highest BCUT2D eigenvalue weighted by molar-refractivity contribution is 6.33. The Kier molecular flexibility index (Phi) is 4.53. The predicted octanol–water partition coefficient (Wildman–Crippen LogP) is 3.40. The van der Waals surface area contributed by atoms with Crippen LogP contribution in [0.25, 0.3) is 22.0 Å². The van der Waals surface area contributed by atoms with E-state index in [2.05, 4.69) is 20.8 Å². The lowest BCUT2D eigenvalue weighted by molar-refractivity contribution is -0.120. The molecule has 1 amide bonds. The van der Waals surface area contributed by atoms with Crippen LogP contribution < -0.4 is 16.4 Å². The second-order valence-corrected chi connectivity index (χ2v) is 7.01. The third-order valence-electron chi connectivity index (χ3n) is 4.78. The van der Waals surface area contributed by atoms with Crippen LogP contribution in [0.5, 0.6) is 0 Å². The molecule has 1 aliphatic heterocycles. The number of aromatic amines is 1. The summed E-state index contributed by atoms with van der Waals surface area (Å²) < 4.78 is 0. The molecule has 2 heterocycles. The summed E-state index contributed by atoms with van der Waals surface area (Å²) in [4.78, 5) is 12.5. The highest BCUT2D eigenvalue weighted by Crippen LogP contribution is 2.33. The van der Waals surface area contributed by atoms with Crippen molar-refractivity contribution >= 4 is 39.9 Å². The van der Waals surface area contributed by atoms with Crippen molar-refractivity contribution < 1.29 is 4.79 Å². The number of piperidine rings is 1. The maximum Gasteiger partial charge on any atom is 0.229 e. The summed E-state index contributed by atoms with van der Waals surface area (Å²) in [5, 5.41) is 14.9. The lowest BCUT2D eigenvalue weighted by atomic mass is 9.99. The number of fused-ring (bicyclic) bond motifs is 1. The smallest absolute Gasteiger partial charge is 0.229 e. The van der Waals surface area contributed by atoms with E-state index in [1.165, 1.54) is 0 Å². The molecule has 2 aromatic carbocycles. The van der Waals surface area contributed by atoms with Crippen molar-refractivity contribution in [1.29, 1.82) is 0 Å². The number of hydrogen-bond acceptors (Lipinski definition) is 4. The molecule has 1 atom stereocenters. The summed E-state index contributed by atoms with van der Waals surface area (Å²) in [6, 6.07) is 11.3. The Morgan fingerprint density at radius 2 is 2.15 bits per heavy atom. The minimum atomic E-state index is -0.0229. The average Bonchev–Trinajstić information content (AvgIpc) is 3.04. The van der Waals surface area contributed by atoms with Gasteiger partial charge in [0.15, 0.2) is 5.82 Å². The van der Waals surface area contributed by atoms with E-state index in [0.29, 0.717) is 23.1 Å². The second kappa shape index (κ2) is 6.97. The van der Waals surface area contributed by atoms with E-state index in [0.717, 1.165) is 41.4 Å². The first kappa shape index (κ1) is 16.9. The summed E-state index contributed by atoms with van der Waals surface area (Å²) in [6.07, 6.45) is 1.91. The van der Waals surface area contributed by atoms with Crippen molar-refractivity contribution in [2.45, 2.75) is 12.8 Å². The van der Waals surface area contributed by atoms with E-state index in [4.69, 9.17) is 17.3 Å². The molecule has 4 rings (SSSR count). The molecule has 1 saturated heterocycles. The summed E-state index contributed by atoms with van der Waals surface area (Å²) in [7, 11) is 0. The number of H-pyrrole nitrogens is 1. The number of carbonyl (C=O) groups is 1. The molecule has 0 bridgehead atoms. The number of nitrogens with two attached hydrogens (primary N) is 1. The predicted molar refractivity (Wildman–Crippen MR) is 105 cm³/mol. The standard InChI is InChI=1S/C19H20ClN5O/c20-16-9-13(21)4-5-14(16)11-3-6-17-15(8-11)18(25-24-17)23-19(26)12-2-1-7-22-10-12/h3-6,8-9,12,22H,1-2,7,10,21H2,(H2,23,24,25,26)/t12-/m0/s1. The Morgan fingerprint density at radius 1 is 1.27 bits per heavy atom. The third kappa shape index (κ3) is 3.25. The zero-order chi connectivity index (χ0) is 18.1. The molecule has 1 fully saturated rings. The monoisotopic (exact) mass is 369 g/mol. The second-order valence-electron chi connectivity index (χ2n) is 6.60. The Labute approximate surface area is 156 Å². The molecular weight excluding hydrogens is 350 g/mol. The van der Waals surface area contributed by atoms with Crippen molar-refractivity contribution in [3.63, 3.8) is 0 Å². The minimum Gasteiger partial charge on any atom is -0.399 e. The van der Waals surface area contributed by atoms with Gasteiger partial charge in [-0.1, -0.05) is 23.7 Å². The van der Waals surface area contributed by atoms with Crippen LogP contribution in [0, 0.1) is 5.92 Å². The van der Waals surface area contributed by atoms with Crippen LogP contribution in [0.4, 0.5) is 11.5 Å². The molecule has 6 nitrogen and oxygen atoms in total. The zero-order valence-electron chi connectivity index (χ0n) is 14.2. The molecule has 0 aliphatic carbocycles. The van der Waals surface area contributed by atoms with Gasteiger partial charge in [0.2, 0.25) is 5.91 Å². The first-order valence-electron chi connectivity index (χ1n) is 8.67. The number of anilines is 2. The van der Waals surface area contributed by atoms with E-state index in [1.807, 2.05) is 30.3 Å². The van der Waals surface area contributed by atoms with Gasteiger partial charge in [-0.25, -0.2) is 0 Å². The molecule has 0 spiro atoms. The largest absolute Gasteiger partial charge is 0.399 e. The van der Waals surface area contributed by atoms with Gasteiger partial charge >= 0.3 is 0 Å². The number of nitrogen functional groups attached to an aromatic ring is 1. The van der Waals surface area contributed by atoms with Crippen LogP contribution >= 0.6 is 11.6 Å². The normalized spacial score (nSPS) is 17.3. The lowest BCUT2D eigenvalue weighted by Gasteiger charge is -2.21. The summed E-state index contributed by atoms with van der Waals surface area (Å²) in [5.74, 6) is 0.524. The third-order valence-corrected chi connectivity index (χ3v) is 5.09. The number of amides is 1. The highest BCUT2D eigenvalue weighted by Gasteiger charge is 2.22. The van der Waals surface area contributed by atoms with Crippen molar-refractivity contribution in [3.05, 3.63) is 41.4 Å². The number of rotatable bonds is 3. The van der Waals surface area contributed by atoms with Gasteiger partial charge in [0, 0.05) is 23.2 Å². The molecule has 0 saturated carbocycles. The number of aromatic nitrogens is 2. The van der Waals surface area contributed by atoms with E-state index in [1.54, 1.807) is 6.07 Å². The Balaban J connectivity index is 1.65. The topological polar surface area (TPSA) is 95.8 Å². The van der Waals surface area contributed by atoms with Gasteiger partial charge in [0.1, 0.15) is 0 Å². The maximum absolute atomic E-state index is 12.5. The zero-order valence-corrected chi connectivity index (χ0v) is 14.9. The van der Waals surface area contributed by atoms with E-state index in [-0.39, 0.29) is 11.8 Å². The van der Waals surface area contributed by atoms with E-state index < -0.39 is 0 Å². The van der Waals surface area contributed by atoms with Gasteiger partial charge in [0.05, 0.1) is 16.5 Å². The van der Waals surface area contributed by atoms with Gasteiger partial charge in [-0.05, 0) is 49.2 Å². The number of carbonyl (C=O) groups excluding carboxylic acids is 1. The number of hydrogen-bond donors (Lipinski definition) is 4. The molecule has 3 aromatic rings. The van der Waals surface area contributed by atoms with Crippen molar-refractivity contribution in [1.82, 2.24) is 15.5 Å². The quantitative estimate of drug-likeness (QED) is 0.532. The van der Waals surface area contributed by atoms with Crippen LogP contribution in [0.3, 0.4) is 0 Å². The first-order chi connectivity index (χ1) is 12.6. The molecule has 1 aliphatic rings. The average molecular weight is 370 g/mol. The molecule has 7 heteroatoms. The Bertz CT molecular complexity index is 962. The molecule has 1 aromatic heterocycles. The summed E-state index contributed by atoms with van der Waals surface area (Å²) in [6.45, 7) is 1.68. The fourth-order valence-corrected chi connectivity index (χ4v) is 3.63. The summed E-state index contributed by atoms with van der Waals surface area (Å²) >= 11 is 6.33. The fourth-order valence-electron chi connectivity index (χ4n) is 3.34. The van der Waals surface area contributed by atoms with Crippen molar-refractivity contribution in [2.75, 3.05) is 24.1 Å². The van der Waals surface area contributed by atoms with Crippen LogP contribution in [-0.2, 0) is 4.79 Å². The molecule has 0 unspecified atom stereocenters. The van der Waals surface area contributed by atoms with E-state index in [9.17, 15) is 4.79 Å². The van der Waals surface area contributed by atoms with Gasteiger partial charge in [-0.15, -0.1) is 0 Å². The van der Waals surface area contributed by atoms with Gasteiger partial charge in [-0.3, -0.25) is 9.89 Å². The maximum atomic E-state index is 12.5. The molecule has 0 radical (unpaired) electrons. The Morgan fingerprint density at radius 3 is 2.92 bits per heavy atom. The van der Waals surface area contributed by atoms with Crippen LogP contribution in [0.15, 0.2) is 36.4 Å². The lowest BCUT2D eigenvalue weighted by Crippen LogP contribution is -2.37. The van der Waals surface area contributed by atoms with Crippen LogP contribution in [0.1, 0.15) is 12.8 Å². The van der Waals surface area contributed by atoms with Gasteiger partial charge in [0.25, 0.3) is 0 Å². The van der Waals surface area contributed by atoms with E-state index >= 15 is 0 Å². The van der Waals surface area contributed by atoms with Crippen LogP contribution in [-0.4, -0.2) is 29.2 Å². The number of benzene rings is 2. The molecule has 134 valence electrons. The first-order valence-corrected chi connectivity index (χ1v) is 9.05. The fraction of sp³-hybridized carbons (Fsp3) is 0.263. The molecule has 5 N–H and O–H groups in total. The summed E-state index contributed by atoms with van der Waals surface area (Å²) in [5.41, 5.74) is 9.09. The SMILES string of the molecule is Nc1ccc(-c2ccc3[nH]nc(NC(=O)[C@H]4CCCNC4)c3c2)c(Cl)c1.